The second-order valence-electron chi connectivity index (χ2n) is 4.10. The Morgan fingerprint density at radius 3 is 2.89 bits per heavy atom. The van der Waals surface area contributed by atoms with Crippen molar-refractivity contribution in [1.82, 2.24) is 5.32 Å². The van der Waals surface area contributed by atoms with Gasteiger partial charge in [0.25, 0.3) is 5.91 Å². The van der Waals surface area contributed by atoms with Crippen LogP contribution in [-0.4, -0.2) is 36.7 Å². The van der Waals surface area contributed by atoms with Gasteiger partial charge in [0, 0.05) is 19.2 Å². The Balaban J connectivity index is 2.43. The molecule has 100 valence electrons. The number of benzene rings is 1. The van der Waals surface area contributed by atoms with Crippen LogP contribution in [0.1, 0.15) is 22.3 Å². The molecule has 1 aromatic carbocycles. The van der Waals surface area contributed by atoms with E-state index in [0.717, 1.165) is 5.56 Å². The Hall–Kier alpha value is -1.26. The standard InChI is InChI=1S/C13H18ClNO3/c1-9-3-4-10(7-12(9)16)13(17)15-6-5-11(14)8-18-2/h3-4,7,11,16H,5-6,8H2,1-2H3,(H,15,17). The van der Waals surface area contributed by atoms with E-state index < -0.39 is 0 Å². The maximum absolute atomic E-state index is 11.8. The van der Waals surface area contributed by atoms with Crippen molar-refractivity contribution in [3.63, 3.8) is 0 Å². The van der Waals surface area contributed by atoms with Gasteiger partial charge in [0.2, 0.25) is 0 Å². The topological polar surface area (TPSA) is 58.6 Å². The molecule has 0 radical (unpaired) electrons. The number of nitrogens with one attached hydrogen (secondary N) is 1. The molecule has 0 heterocycles. The van der Waals surface area contributed by atoms with Crippen LogP contribution in [-0.2, 0) is 4.74 Å². The molecule has 0 spiro atoms. The minimum atomic E-state index is -0.216. The third-order valence-electron chi connectivity index (χ3n) is 2.56. The Kier molecular flexibility index (Phi) is 5.95. The number of hydrogen-bond acceptors (Lipinski definition) is 3. The number of amides is 1. The zero-order chi connectivity index (χ0) is 13.5. The van der Waals surface area contributed by atoms with Crippen molar-refractivity contribution in [3.05, 3.63) is 29.3 Å². The molecule has 0 aliphatic carbocycles. The number of methoxy groups -OCH3 is 1. The first-order valence-electron chi connectivity index (χ1n) is 5.75. The summed E-state index contributed by atoms with van der Waals surface area (Å²) in [5, 5.41) is 12.2. The average Bonchev–Trinajstić information content (AvgIpc) is 2.33. The van der Waals surface area contributed by atoms with Gasteiger partial charge in [-0.1, -0.05) is 6.07 Å². The van der Waals surface area contributed by atoms with Gasteiger partial charge in [-0.3, -0.25) is 4.79 Å². The van der Waals surface area contributed by atoms with E-state index in [1.165, 1.54) is 6.07 Å². The Morgan fingerprint density at radius 2 is 2.28 bits per heavy atom. The van der Waals surface area contributed by atoms with Crippen LogP contribution in [0.3, 0.4) is 0 Å². The maximum Gasteiger partial charge on any atom is 0.251 e. The quantitative estimate of drug-likeness (QED) is 0.779. The highest BCUT2D eigenvalue weighted by Crippen LogP contribution is 2.17. The minimum Gasteiger partial charge on any atom is -0.508 e. The van der Waals surface area contributed by atoms with E-state index in [1.807, 2.05) is 0 Å². The van der Waals surface area contributed by atoms with Crippen LogP contribution < -0.4 is 5.32 Å². The largest absolute Gasteiger partial charge is 0.508 e. The summed E-state index contributed by atoms with van der Waals surface area (Å²) in [6.45, 7) is 2.72. The second-order valence-corrected chi connectivity index (χ2v) is 4.72. The van der Waals surface area contributed by atoms with Gasteiger partial charge in [-0.05, 0) is 31.0 Å². The number of carbonyl (C=O) groups excluding carboxylic acids is 1. The number of halogens is 1. The Bertz CT molecular complexity index is 409. The monoisotopic (exact) mass is 271 g/mol. The van der Waals surface area contributed by atoms with Crippen molar-refractivity contribution < 1.29 is 14.6 Å². The molecular formula is C13H18ClNO3. The third kappa shape index (κ3) is 4.55. The van der Waals surface area contributed by atoms with Crippen LogP contribution in [0.4, 0.5) is 0 Å². The van der Waals surface area contributed by atoms with Gasteiger partial charge in [0.1, 0.15) is 5.75 Å². The van der Waals surface area contributed by atoms with Crippen LogP contribution in [0.25, 0.3) is 0 Å². The fourth-order valence-corrected chi connectivity index (χ4v) is 1.69. The van der Waals surface area contributed by atoms with Crippen LogP contribution in [0, 0.1) is 6.92 Å². The normalized spacial score (nSPS) is 12.2. The van der Waals surface area contributed by atoms with Gasteiger partial charge < -0.3 is 15.2 Å². The lowest BCUT2D eigenvalue weighted by molar-refractivity contribution is 0.0951. The Labute approximate surface area is 112 Å². The molecule has 1 amide bonds. The molecule has 0 fully saturated rings. The highest BCUT2D eigenvalue weighted by Gasteiger charge is 2.09. The van der Waals surface area contributed by atoms with Crippen molar-refractivity contribution in [2.24, 2.45) is 0 Å². The number of rotatable bonds is 6. The summed E-state index contributed by atoms with van der Waals surface area (Å²) >= 11 is 5.94. The van der Waals surface area contributed by atoms with E-state index in [1.54, 1.807) is 26.2 Å². The molecule has 1 aromatic rings. The van der Waals surface area contributed by atoms with E-state index >= 15 is 0 Å². The number of phenols is 1. The average molecular weight is 272 g/mol. The number of phenolic OH excluding ortho intramolecular Hbond substituents is 1. The minimum absolute atomic E-state index is 0.110. The van der Waals surface area contributed by atoms with E-state index in [0.29, 0.717) is 25.1 Å². The summed E-state index contributed by atoms with van der Waals surface area (Å²) in [6.07, 6.45) is 0.638. The molecular weight excluding hydrogens is 254 g/mol. The molecule has 0 aliphatic rings. The maximum atomic E-state index is 11.8. The van der Waals surface area contributed by atoms with Gasteiger partial charge in [0.05, 0.1) is 12.0 Å². The lowest BCUT2D eigenvalue weighted by Gasteiger charge is -2.09. The molecule has 0 aromatic heterocycles. The molecule has 0 aliphatic heterocycles. The van der Waals surface area contributed by atoms with E-state index in [9.17, 15) is 9.90 Å². The molecule has 1 atom stereocenters. The van der Waals surface area contributed by atoms with Gasteiger partial charge in [-0.2, -0.15) is 0 Å². The number of hydrogen-bond donors (Lipinski definition) is 2. The zero-order valence-electron chi connectivity index (χ0n) is 10.6. The lowest BCUT2D eigenvalue weighted by atomic mass is 10.1. The van der Waals surface area contributed by atoms with Crippen molar-refractivity contribution in [2.75, 3.05) is 20.3 Å². The summed E-state index contributed by atoms with van der Waals surface area (Å²) in [5.74, 6) is -0.0937. The molecule has 4 nitrogen and oxygen atoms in total. The first-order chi connectivity index (χ1) is 8.54. The number of ether oxygens (including phenoxy) is 1. The molecule has 2 N–H and O–H groups in total. The molecule has 0 saturated heterocycles. The van der Waals surface area contributed by atoms with Crippen LogP contribution in [0.15, 0.2) is 18.2 Å². The van der Waals surface area contributed by atoms with E-state index in [-0.39, 0.29) is 17.0 Å². The van der Waals surface area contributed by atoms with Crippen LogP contribution >= 0.6 is 11.6 Å². The van der Waals surface area contributed by atoms with E-state index in [2.05, 4.69) is 5.32 Å². The zero-order valence-corrected chi connectivity index (χ0v) is 11.3. The first-order valence-corrected chi connectivity index (χ1v) is 6.19. The fourth-order valence-electron chi connectivity index (χ4n) is 1.46. The fraction of sp³-hybridized carbons (Fsp3) is 0.462. The van der Waals surface area contributed by atoms with Crippen molar-refractivity contribution in [3.8, 4) is 5.75 Å². The number of carbonyl (C=O) groups is 1. The van der Waals surface area contributed by atoms with Gasteiger partial charge in [-0.25, -0.2) is 0 Å². The first kappa shape index (κ1) is 14.8. The third-order valence-corrected chi connectivity index (χ3v) is 2.91. The molecule has 1 unspecified atom stereocenters. The number of alkyl halides is 1. The molecule has 5 heteroatoms. The summed E-state index contributed by atoms with van der Waals surface area (Å²) in [7, 11) is 1.59. The highest BCUT2D eigenvalue weighted by atomic mass is 35.5. The van der Waals surface area contributed by atoms with Crippen molar-refractivity contribution in [2.45, 2.75) is 18.7 Å². The lowest BCUT2D eigenvalue weighted by Crippen LogP contribution is -2.27. The molecule has 0 bridgehead atoms. The predicted octanol–water partition coefficient (Wildman–Crippen LogP) is 2.07. The van der Waals surface area contributed by atoms with Gasteiger partial charge in [-0.15, -0.1) is 11.6 Å². The summed E-state index contributed by atoms with van der Waals surface area (Å²) in [4.78, 5) is 11.8. The summed E-state index contributed by atoms with van der Waals surface area (Å²) < 4.78 is 4.90. The van der Waals surface area contributed by atoms with Gasteiger partial charge in [0.15, 0.2) is 0 Å². The smallest absolute Gasteiger partial charge is 0.251 e. The molecule has 0 saturated carbocycles. The highest BCUT2D eigenvalue weighted by molar-refractivity contribution is 6.20. The van der Waals surface area contributed by atoms with Crippen molar-refractivity contribution in [1.29, 1.82) is 0 Å². The van der Waals surface area contributed by atoms with Crippen LogP contribution in [0.2, 0.25) is 0 Å². The van der Waals surface area contributed by atoms with Crippen molar-refractivity contribution >= 4 is 17.5 Å². The Morgan fingerprint density at radius 1 is 1.56 bits per heavy atom. The van der Waals surface area contributed by atoms with Crippen LogP contribution in [0.5, 0.6) is 5.75 Å². The SMILES string of the molecule is COCC(Cl)CCNC(=O)c1ccc(C)c(O)c1. The van der Waals surface area contributed by atoms with E-state index in [4.69, 9.17) is 16.3 Å². The number of aromatic hydroxyl groups is 1. The summed E-state index contributed by atoms with van der Waals surface area (Å²) in [5.41, 5.74) is 1.18. The molecule has 1 rings (SSSR count). The second kappa shape index (κ2) is 7.24. The molecule has 18 heavy (non-hydrogen) atoms. The van der Waals surface area contributed by atoms with Gasteiger partial charge >= 0.3 is 0 Å². The summed E-state index contributed by atoms with van der Waals surface area (Å²) in [6, 6.07) is 4.84. The predicted molar refractivity (Wildman–Crippen MR) is 71.3 cm³/mol. The number of aryl methyl sites for hydroxylation is 1.